The number of hydrogen-bond acceptors (Lipinski definition) is 4. The Hall–Kier alpha value is -1.10. The Balaban J connectivity index is 2.04. The van der Waals surface area contributed by atoms with Crippen LogP contribution in [0.4, 0.5) is 0 Å². The maximum Gasteiger partial charge on any atom is 0.119 e. The van der Waals surface area contributed by atoms with Gasteiger partial charge in [0.25, 0.3) is 0 Å². The lowest BCUT2D eigenvalue weighted by Crippen LogP contribution is -2.32. The Morgan fingerprint density at radius 3 is 2.81 bits per heavy atom. The average molecular weight is 293 g/mol. The summed E-state index contributed by atoms with van der Waals surface area (Å²) in [6.45, 7) is 7.22. The molecule has 0 fully saturated rings. The van der Waals surface area contributed by atoms with Crippen molar-refractivity contribution in [3.63, 3.8) is 0 Å². The van der Waals surface area contributed by atoms with Gasteiger partial charge in [0, 0.05) is 13.0 Å². The predicted molar refractivity (Wildman–Crippen MR) is 84.0 cm³/mol. The molecule has 4 nitrogen and oxygen atoms in total. The van der Waals surface area contributed by atoms with Crippen molar-refractivity contribution in [3.8, 4) is 5.75 Å². The standard InChI is InChI=1S/C17H27NO3/c1-4-8-18-17-15-12-14(19-3)7-6-13(15)11-16(17)21-10-9-20-5-2/h6-7,12,16-18H,4-5,8-11H2,1-3H3. The molecule has 4 heteroatoms. The van der Waals surface area contributed by atoms with Crippen LogP contribution < -0.4 is 10.1 Å². The highest BCUT2D eigenvalue weighted by atomic mass is 16.5. The zero-order valence-electron chi connectivity index (χ0n) is 13.4. The summed E-state index contributed by atoms with van der Waals surface area (Å²) in [5.41, 5.74) is 2.66. The van der Waals surface area contributed by atoms with Crippen molar-refractivity contribution in [3.05, 3.63) is 29.3 Å². The molecule has 0 saturated carbocycles. The molecule has 118 valence electrons. The minimum absolute atomic E-state index is 0.180. The first-order valence-electron chi connectivity index (χ1n) is 7.89. The summed E-state index contributed by atoms with van der Waals surface area (Å²) in [7, 11) is 1.71. The van der Waals surface area contributed by atoms with Crippen LogP contribution in [0.25, 0.3) is 0 Å². The van der Waals surface area contributed by atoms with E-state index in [2.05, 4.69) is 24.4 Å². The quantitative estimate of drug-likeness (QED) is 0.711. The van der Waals surface area contributed by atoms with Crippen LogP contribution in [-0.2, 0) is 15.9 Å². The molecule has 0 aromatic heterocycles. The highest BCUT2D eigenvalue weighted by Crippen LogP contribution is 2.35. The van der Waals surface area contributed by atoms with E-state index in [0.717, 1.165) is 31.7 Å². The van der Waals surface area contributed by atoms with Crippen molar-refractivity contribution in [2.75, 3.05) is 33.5 Å². The molecule has 0 saturated heterocycles. The van der Waals surface area contributed by atoms with Crippen LogP contribution in [-0.4, -0.2) is 39.6 Å². The summed E-state index contributed by atoms with van der Waals surface area (Å²) >= 11 is 0. The van der Waals surface area contributed by atoms with Gasteiger partial charge >= 0.3 is 0 Å². The fourth-order valence-corrected chi connectivity index (χ4v) is 2.81. The van der Waals surface area contributed by atoms with Gasteiger partial charge in [0.2, 0.25) is 0 Å². The van der Waals surface area contributed by atoms with E-state index in [4.69, 9.17) is 14.2 Å². The van der Waals surface area contributed by atoms with E-state index in [1.807, 2.05) is 13.0 Å². The van der Waals surface area contributed by atoms with Gasteiger partial charge in [0.15, 0.2) is 0 Å². The molecule has 0 aliphatic heterocycles. The topological polar surface area (TPSA) is 39.7 Å². The number of rotatable bonds is 9. The largest absolute Gasteiger partial charge is 0.497 e. The van der Waals surface area contributed by atoms with Crippen molar-refractivity contribution in [1.82, 2.24) is 5.32 Å². The molecule has 2 unspecified atom stereocenters. The Bertz CT molecular complexity index is 436. The van der Waals surface area contributed by atoms with Gasteiger partial charge in [-0.05, 0) is 43.1 Å². The van der Waals surface area contributed by atoms with Gasteiger partial charge in [-0.25, -0.2) is 0 Å². The Morgan fingerprint density at radius 1 is 1.24 bits per heavy atom. The zero-order chi connectivity index (χ0) is 15.1. The summed E-state index contributed by atoms with van der Waals surface area (Å²) in [4.78, 5) is 0. The van der Waals surface area contributed by atoms with E-state index in [1.54, 1.807) is 7.11 Å². The number of fused-ring (bicyclic) bond motifs is 1. The second-order valence-electron chi connectivity index (χ2n) is 5.31. The van der Waals surface area contributed by atoms with Crippen LogP contribution in [0.1, 0.15) is 37.4 Å². The number of ether oxygens (including phenoxy) is 3. The molecule has 1 aromatic rings. The molecule has 0 spiro atoms. The van der Waals surface area contributed by atoms with Crippen LogP contribution in [0.2, 0.25) is 0 Å². The lowest BCUT2D eigenvalue weighted by atomic mass is 10.1. The summed E-state index contributed by atoms with van der Waals surface area (Å²) in [5, 5.41) is 3.61. The Kier molecular flexibility index (Phi) is 6.49. The third-order valence-corrected chi connectivity index (χ3v) is 3.86. The molecule has 1 aliphatic rings. The van der Waals surface area contributed by atoms with Crippen molar-refractivity contribution >= 4 is 0 Å². The lowest BCUT2D eigenvalue weighted by molar-refractivity contribution is -0.00387. The third-order valence-electron chi connectivity index (χ3n) is 3.86. The molecule has 1 aromatic carbocycles. The second-order valence-corrected chi connectivity index (χ2v) is 5.31. The van der Waals surface area contributed by atoms with Gasteiger partial charge in [0.05, 0.1) is 32.5 Å². The lowest BCUT2D eigenvalue weighted by Gasteiger charge is -2.22. The van der Waals surface area contributed by atoms with Crippen LogP contribution in [0.3, 0.4) is 0 Å². The first kappa shape index (κ1) is 16.3. The monoisotopic (exact) mass is 293 g/mol. The third kappa shape index (κ3) is 4.19. The number of methoxy groups -OCH3 is 1. The van der Waals surface area contributed by atoms with Crippen LogP contribution in [0, 0.1) is 0 Å². The summed E-state index contributed by atoms with van der Waals surface area (Å²) in [6, 6.07) is 6.56. The molecule has 1 aliphatic carbocycles. The molecule has 2 atom stereocenters. The Labute approximate surface area is 127 Å². The molecule has 0 bridgehead atoms. The molecule has 0 heterocycles. The van der Waals surface area contributed by atoms with Crippen LogP contribution in [0.5, 0.6) is 5.75 Å². The molecular weight excluding hydrogens is 266 g/mol. The minimum Gasteiger partial charge on any atom is -0.497 e. The number of hydrogen-bond donors (Lipinski definition) is 1. The van der Waals surface area contributed by atoms with E-state index in [-0.39, 0.29) is 12.1 Å². The van der Waals surface area contributed by atoms with Gasteiger partial charge in [-0.1, -0.05) is 13.0 Å². The van der Waals surface area contributed by atoms with E-state index < -0.39 is 0 Å². The first-order valence-corrected chi connectivity index (χ1v) is 7.89. The number of nitrogens with one attached hydrogen (secondary N) is 1. The average Bonchev–Trinajstić information content (AvgIpc) is 2.86. The second kappa shape index (κ2) is 8.37. The molecule has 1 N–H and O–H groups in total. The van der Waals surface area contributed by atoms with E-state index in [1.165, 1.54) is 11.1 Å². The first-order chi connectivity index (χ1) is 10.3. The van der Waals surface area contributed by atoms with Crippen LogP contribution >= 0.6 is 0 Å². The van der Waals surface area contributed by atoms with Gasteiger partial charge in [-0.3, -0.25) is 0 Å². The SMILES string of the molecule is CCCNC1c2cc(OC)ccc2CC1OCCOCC. The molecule has 2 rings (SSSR count). The maximum absolute atomic E-state index is 6.04. The summed E-state index contributed by atoms with van der Waals surface area (Å²) < 4.78 is 16.8. The zero-order valence-corrected chi connectivity index (χ0v) is 13.4. The van der Waals surface area contributed by atoms with Gasteiger partial charge in [-0.15, -0.1) is 0 Å². The highest BCUT2D eigenvalue weighted by Gasteiger charge is 2.33. The van der Waals surface area contributed by atoms with Gasteiger partial charge in [-0.2, -0.15) is 0 Å². The fourth-order valence-electron chi connectivity index (χ4n) is 2.81. The molecule has 0 radical (unpaired) electrons. The molecular formula is C17H27NO3. The summed E-state index contributed by atoms with van der Waals surface area (Å²) in [6.07, 6.45) is 2.24. The van der Waals surface area contributed by atoms with Crippen molar-refractivity contribution in [2.24, 2.45) is 0 Å². The highest BCUT2D eigenvalue weighted by molar-refractivity contribution is 5.42. The van der Waals surface area contributed by atoms with Crippen LogP contribution in [0.15, 0.2) is 18.2 Å². The smallest absolute Gasteiger partial charge is 0.119 e. The number of benzene rings is 1. The van der Waals surface area contributed by atoms with Gasteiger partial charge < -0.3 is 19.5 Å². The molecule has 0 amide bonds. The molecule has 21 heavy (non-hydrogen) atoms. The predicted octanol–water partition coefficient (Wildman–Crippen LogP) is 2.71. The van der Waals surface area contributed by atoms with Crippen molar-refractivity contribution in [1.29, 1.82) is 0 Å². The minimum atomic E-state index is 0.180. The van der Waals surface area contributed by atoms with E-state index in [0.29, 0.717) is 13.2 Å². The Morgan fingerprint density at radius 2 is 2.10 bits per heavy atom. The maximum atomic E-state index is 6.04. The summed E-state index contributed by atoms with van der Waals surface area (Å²) in [5.74, 6) is 0.909. The van der Waals surface area contributed by atoms with E-state index >= 15 is 0 Å². The fraction of sp³-hybridized carbons (Fsp3) is 0.647. The van der Waals surface area contributed by atoms with Crippen molar-refractivity contribution < 1.29 is 14.2 Å². The van der Waals surface area contributed by atoms with Crippen molar-refractivity contribution in [2.45, 2.75) is 38.8 Å². The normalized spacial score (nSPS) is 20.5. The van der Waals surface area contributed by atoms with Gasteiger partial charge in [0.1, 0.15) is 5.75 Å². The van der Waals surface area contributed by atoms with E-state index in [9.17, 15) is 0 Å².